The second kappa shape index (κ2) is 7.06. The van der Waals surface area contributed by atoms with E-state index in [9.17, 15) is 4.79 Å². The van der Waals surface area contributed by atoms with E-state index in [1.165, 1.54) is 23.1 Å². The molecule has 0 N–H and O–H groups in total. The molecule has 0 aliphatic carbocycles. The summed E-state index contributed by atoms with van der Waals surface area (Å²) in [6.07, 6.45) is 3.69. The van der Waals surface area contributed by atoms with Crippen LogP contribution in [0.1, 0.15) is 18.2 Å². The smallest absolute Gasteiger partial charge is 0.271 e. The van der Waals surface area contributed by atoms with Crippen molar-refractivity contribution in [2.45, 2.75) is 18.4 Å². The van der Waals surface area contributed by atoms with Crippen molar-refractivity contribution in [3.05, 3.63) is 73.4 Å². The summed E-state index contributed by atoms with van der Waals surface area (Å²) in [5.41, 5.74) is 2.47. The summed E-state index contributed by atoms with van der Waals surface area (Å²) >= 11 is 3.02. The van der Waals surface area contributed by atoms with E-state index in [-0.39, 0.29) is 5.56 Å². The van der Waals surface area contributed by atoms with Crippen LogP contribution in [0.2, 0.25) is 0 Å². The van der Waals surface area contributed by atoms with Gasteiger partial charge in [-0.05, 0) is 43.3 Å². The van der Waals surface area contributed by atoms with Crippen LogP contribution in [-0.4, -0.2) is 16.6 Å². The van der Waals surface area contributed by atoms with Crippen LogP contribution in [0.25, 0.3) is 11.1 Å². The minimum Gasteiger partial charge on any atom is -0.337 e. The summed E-state index contributed by atoms with van der Waals surface area (Å²) in [6, 6.07) is 13.5. The van der Waals surface area contributed by atoms with Crippen molar-refractivity contribution in [2.75, 3.05) is 11.9 Å². The van der Waals surface area contributed by atoms with Gasteiger partial charge in [-0.2, -0.15) is 5.26 Å². The minimum absolute atomic E-state index is 0.00680. The summed E-state index contributed by atoms with van der Waals surface area (Å²) in [6.45, 7) is 2.57. The number of fused-ring (bicyclic) bond motifs is 1. The van der Waals surface area contributed by atoms with Crippen molar-refractivity contribution in [2.24, 2.45) is 0 Å². The van der Waals surface area contributed by atoms with Crippen LogP contribution in [0.15, 0.2) is 52.3 Å². The number of thiazole rings is 1. The molecule has 0 saturated heterocycles. The Morgan fingerprint density at radius 2 is 2.15 bits per heavy atom. The van der Waals surface area contributed by atoms with Gasteiger partial charge in [0.1, 0.15) is 14.2 Å². The number of hydrogen-bond donors (Lipinski definition) is 0. The summed E-state index contributed by atoms with van der Waals surface area (Å²) in [4.78, 5) is 20.4. The molecule has 1 aliphatic heterocycles. The third kappa shape index (κ3) is 3.07. The molecule has 0 bridgehead atoms. The lowest BCUT2D eigenvalue weighted by molar-refractivity contribution is 0.722. The molecule has 4 rings (SSSR count). The van der Waals surface area contributed by atoms with Crippen molar-refractivity contribution in [3.8, 4) is 6.07 Å². The zero-order valence-corrected chi connectivity index (χ0v) is 16.5. The maximum Gasteiger partial charge on any atom is 0.271 e. The highest BCUT2D eigenvalue weighted by Gasteiger charge is 2.25. The van der Waals surface area contributed by atoms with Gasteiger partial charge in [-0.25, -0.2) is 0 Å². The predicted octanol–water partition coefficient (Wildman–Crippen LogP) is 2.33. The second-order valence-corrected chi connectivity index (χ2v) is 8.04. The normalized spacial score (nSPS) is 15.7. The number of nitrogens with zero attached hydrogens (tertiary/aromatic N) is 4. The summed E-state index contributed by atoms with van der Waals surface area (Å²) in [5, 5.41) is 10.0. The van der Waals surface area contributed by atoms with Crippen molar-refractivity contribution < 1.29 is 0 Å². The van der Waals surface area contributed by atoms with Crippen LogP contribution in [0, 0.1) is 11.3 Å². The lowest BCUT2D eigenvalue weighted by atomic mass is 10.2. The van der Waals surface area contributed by atoms with E-state index in [0.717, 1.165) is 26.0 Å². The standard InChI is InChI=1S/C20H16N4OS2/c1-3-24-17(11-14-6-4-5-9-22-14)27-18(19(24)25)20-23(2)15-8-7-13(12-21)10-16(15)26-20/h4-11H,3H2,1-2H3/b17-11-,20-18+. The predicted molar refractivity (Wildman–Crippen MR) is 110 cm³/mol. The van der Waals surface area contributed by atoms with E-state index < -0.39 is 0 Å². The van der Waals surface area contributed by atoms with Gasteiger partial charge in [0.2, 0.25) is 0 Å². The lowest BCUT2D eigenvalue weighted by Crippen LogP contribution is -2.33. The molecule has 1 aliphatic rings. The quantitative estimate of drug-likeness (QED) is 0.670. The van der Waals surface area contributed by atoms with Crippen LogP contribution in [0.4, 0.5) is 5.69 Å². The second-order valence-electron chi connectivity index (χ2n) is 5.98. The monoisotopic (exact) mass is 392 g/mol. The van der Waals surface area contributed by atoms with E-state index in [2.05, 4.69) is 11.1 Å². The summed E-state index contributed by atoms with van der Waals surface area (Å²) in [5.74, 6) is 0. The Labute approximate surface area is 164 Å². The first kappa shape index (κ1) is 17.6. The summed E-state index contributed by atoms with van der Waals surface area (Å²) in [7, 11) is 1.96. The molecular weight excluding hydrogens is 376 g/mol. The Kier molecular flexibility index (Phi) is 4.60. The van der Waals surface area contributed by atoms with Gasteiger partial charge in [-0.3, -0.25) is 14.3 Å². The molecule has 0 atom stereocenters. The first-order valence-electron chi connectivity index (χ1n) is 8.45. The molecule has 5 nitrogen and oxygen atoms in total. The highest BCUT2D eigenvalue weighted by atomic mass is 32.2. The van der Waals surface area contributed by atoms with Gasteiger partial charge >= 0.3 is 0 Å². The number of rotatable bonds is 2. The fourth-order valence-electron chi connectivity index (χ4n) is 2.98. The maximum atomic E-state index is 13.0. The van der Waals surface area contributed by atoms with Crippen LogP contribution in [0.5, 0.6) is 0 Å². The van der Waals surface area contributed by atoms with E-state index in [1.807, 2.05) is 55.3 Å². The van der Waals surface area contributed by atoms with Gasteiger partial charge in [0.05, 0.1) is 23.0 Å². The molecule has 0 radical (unpaired) electrons. The highest BCUT2D eigenvalue weighted by Crippen LogP contribution is 2.45. The van der Waals surface area contributed by atoms with Crippen molar-refractivity contribution >= 4 is 39.9 Å². The van der Waals surface area contributed by atoms with Crippen LogP contribution < -0.4 is 19.7 Å². The lowest BCUT2D eigenvalue weighted by Gasteiger charge is -2.12. The van der Waals surface area contributed by atoms with Crippen LogP contribution >= 0.6 is 23.1 Å². The molecule has 27 heavy (non-hydrogen) atoms. The minimum atomic E-state index is 0.00680. The number of pyridine rings is 1. The van der Waals surface area contributed by atoms with Crippen molar-refractivity contribution in [1.82, 2.24) is 9.55 Å². The molecule has 1 aromatic carbocycles. The van der Waals surface area contributed by atoms with Gasteiger partial charge in [0.15, 0.2) is 0 Å². The van der Waals surface area contributed by atoms with Crippen LogP contribution in [0.3, 0.4) is 0 Å². The molecule has 0 fully saturated rings. The largest absolute Gasteiger partial charge is 0.337 e. The zero-order chi connectivity index (χ0) is 19.0. The molecule has 0 saturated carbocycles. The van der Waals surface area contributed by atoms with Crippen molar-refractivity contribution in [3.63, 3.8) is 0 Å². The summed E-state index contributed by atoms with van der Waals surface area (Å²) < 4.78 is 3.37. The maximum absolute atomic E-state index is 13.0. The molecule has 2 aromatic heterocycles. The molecular formula is C20H16N4OS2. The van der Waals surface area contributed by atoms with E-state index in [0.29, 0.717) is 16.6 Å². The molecule has 0 amide bonds. The number of anilines is 1. The topological polar surface area (TPSA) is 61.9 Å². The first-order valence-corrected chi connectivity index (χ1v) is 10.1. The third-order valence-corrected chi connectivity index (χ3v) is 6.81. The fourth-order valence-corrected chi connectivity index (χ4v) is 5.48. The average molecular weight is 393 g/mol. The number of nitriles is 1. The third-order valence-electron chi connectivity index (χ3n) is 4.34. The number of benzene rings is 1. The van der Waals surface area contributed by atoms with Gasteiger partial charge in [0, 0.05) is 24.7 Å². The van der Waals surface area contributed by atoms with Gasteiger partial charge < -0.3 is 4.90 Å². The number of thioether (sulfide) groups is 1. The Bertz CT molecular complexity index is 1240. The Hall–Kier alpha value is -2.82. The number of hydrogen-bond acceptors (Lipinski definition) is 6. The van der Waals surface area contributed by atoms with E-state index in [4.69, 9.17) is 5.26 Å². The SMILES string of the molecule is CCn1c(=O)/c(=C2\Sc3cc(C#N)ccc3N2C)s/c1=C\c1ccccn1. The highest BCUT2D eigenvalue weighted by molar-refractivity contribution is 8.08. The molecule has 0 spiro atoms. The van der Waals surface area contributed by atoms with E-state index in [1.54, 1.807) is 16.8 Å². The molecule has 3 aromatic rings. The first-order chi connectivity index (χ1) is 13.1. The molecule has 7 heteroatoms. The average Bonchev–Trinajstić information content (AvgIpc) is 3.18. The Morgan fingerprint density at radius 1 is 1.30 bits per heavy atom. The molecule has 134 valence electrons. The Balaban J connectivity index is 1.92. The zero-order valence-electron chi connectivity index (χ0n) is 14.8. The van der Waals surface area contributed by atoms with Crippen LogP contribution in [-0.2, 0) is 6.54 Å². The molecule has 0 unspecified atom stereocenters. The molecule has 3 heterocycles. The van der Waals surface area contributed by atoms with Gasteiger partial charge in [0.25, 0.3) is 5.56 Å². The van der Waals surface area contributed by atoms with Gasteiger partial charge in [-0.1, -0.05) is 17.8 Å². The van der Waals surface area contributed by atoms with Gasteiger partial charge in [-0.15, -0.1) is 11.3 Å². The van der Waals surface area contributed by atoms with Crippen molar-refractivity contribution in [1.29, 1.82) is 5.26 Å². The fraction of sp³-hybridized carbons (Fsp3) is 0.150. The Morgan fingerprint density at radius 3 is 2.85 bits per heavy atom. The number of aromatic nitrogens is 2. The van der Waals surface area contributed by atoms with E-state index >= 15 is 0 Å².